The molecule has 0 saturated carbocycles. The van der Waals surface area contributed by atoms with Crippen LogP contribution in [0.25, 0.3) is 6.08 Å². The summed E-state index contributed by atoms with van der Waals surface area (Å²) in [5, 5.41) is 0. The van der Waals surface area contributed by atoms with Crippen molar-refractivity contribution in [2.45, 2.75) is 26.7 Å². The first kappa shape index (κ1) is 15.2. The lowest BCUT2D eigenvalue weighted by atomic mass is 9.99. The van der Waals surface area contributed by atoms with Crippen LogP contribution in [0.1, 0.15) is 32.3 Å². The number of Topliss-reactive ketones (excluding diaryl/α,β-unsaturated/α-hetero) is 1. The number of rotatable bonds is 6. The van der Waals surface area contributed by atoms with Crippen LogP contribution in [0.5, 0.6) is 0 Å². The van der Waals surface area contributed by atoms with Gasteiger partial charge < -0.3 is 4.74 Å². The van der Waals surface area contributed by atoms with Gasteiger partial charge in [0.1, 0.15) is 5.57 Å². The summed E-state index contributed by atoms with van der Waals surface area (Å²) in [7, 11) is 1.29. The quantitative estimate of drug-likeness (QED) is 0.341. The molecule has 0 saturated heterocycles. The van der Waals surface area contributed by atoms with Crippen LogP contribution < -0.4 is 0 Å². The van der Waals surface area contributed by atoms with Gasteiger partial charge in [0.05, 0.1) is 7.11 Å². The van der Waals surface area contributed by atoms with Gasteiger partial charge in [-0.15, -0.1) is 0 Å². The SMILES string of the molecule is COC(=O)C(=Cc1ccccc1)C(=O)CCC(C)C. The van der Waals surface area contributed by atoms with Gasteiger partial charge in [-0.25, -0.2) is 4.79 Å². The Morgan fingerprint density at radius 1 is 1.21 bits per heavy atom. The van der Waals surface area contributed by atoms with Crippen LogP contribution in [-0.4, -0.2) is 18.9 Å². The number of methoxy groups -OCH3 is 1. The summed E-state index contributed by atoms with van der Waals surface area (Å²) in [5.74, 6) is -0.304. The Morgan fingerprint density at radius 2 is 1.84 bits per heavy atom. The molecule has 19 heavy (non-hydrogen) atoms. The second-order valence-electron chi connectivity index (χ2n) is 4.82. The lowest BCUT2D eigenvalue weighted by Gasteiger charge is -2.07. The fourth-order valence-corrected chi connectivity index (χ4v) is 1.63. The average molecular weight is 260 g/mol. The third-order valence-corrected chi connectivity index (χ3v) is 2.77. The maximum atomic E-state index is 12.1. The topological polar surface area (TPSA) is 43.4 Å². The van der Waals surface area contributed by atoms with Crippen molar-refractivity contribution in [3.8, 4) is 0 Å². The Balaban J connectivity index is 2.92. The first-order valence-electron chi connectivity index (χ1n) is 6.43. The lowest BCUT2D eigenvalue weighted by molar-refractivity contribution is -0.137. The van der Waals surface area contributed by atoms with Crippen molar-refractivity contribution in [3.63, 3.8) is 0 Å². The van der Waals surface area contributed by atoms with Gasteiger partial charge in [0.15, 0.2) is 5.78 Å². The van der Waals surface area contributed by atoms with E-state index in [4.69, 9.17) is 0 Å². The van der Waals surface area contributed by atoms with Gasteiger partial charge in [-0.3, -0.25) is 4.79 Å². The summed E-state index contributed by atoms with van der Waals surface area (Å²) in [6.45, 7) is 4.10. The van der Waals surface area contributed by atoms with Gasteiger partial charge in [0.2, 0.25) is 0 Å². The van der Waals surface area contributed by atoms with E-state index in [1.165, 1.54) is 7.11 Å². The molecule has 0 fully saturated rings. The van der Waals surface area contributed by atoms with E-state index in [-0.39, 0.29) is 11.4 Å². The summed E-state index contributed by atoms with van der Waals surface area (Å²) in [5.41, 5.74) is 0.940. The van der Waals surface area contributed by atoms with Crippen LogP contribution in [0.15, 0.2) is 35.9 Å². The molecule has 0 aliphatic carbocycles. The summed E-state index contributed by atoms with van der Waals surface area (Å²) in [6, 6.07) is 9.30. The maximum Gasteiger partial charge on any atom is 0.341 e. The molecule has 1 rings (SSSR count). The fraction of sp³-hybridized carbons (Fsp3) is 0.375. The smallest absolute Gasteiger partial charge is 0.341 e. The first-order chi connectivity index (χ1) is 9.04. The minimum Gasteiger partial charge on any atom is -0.465 e. The molecule has 0 amide bonds. The predicted molar refractivity (Wildman–Crippen MR) is 75.5 cm³/mol. The molecule has 0 aliphatic heterocycles. The summed E-state index contributed by atoms with van der Waals surface area (Å²) < 4.78 is 4.68. The fourth-order valence-electron chi connectivity index (χ4n) is 1.63. The van der Waals surface area contributed by atoms with E-state index in [0.717, 1.165) is 12.0 Å². The van der Waals surface area contributed by atoms with Crippen molar-refractivity contribution >= 4 is 17.8 Å². The van der Waals surface area contributed by atoms with Crippen LogP contribution >= 0.6 is 0 Å². The molecule has 3 nitrogen and oxygen atoms in total. The molecule has 0 heterocycles. The molecule has 0 spiro atoms. The normalized spacial score (nSPS) is 11.5. The molecule has 0 aliphatic rings. The van der Waals surface area contributed by atoms with E-state index in [1.807, 2.05) is 44.2 Å². The Kier molecular flexibility index (Phi) is 6.00. The minimum atomic E-state index is -0.572. The first-order valence-corrected chi connectivity index (χ1v) is 6.43. The van der Waals surface area contributed by atoms with E-state index in [2.05, 4.69) is 4.74 Å². The lowest BCUT2D eigenvalue weighted by Crippen LogP contribution is -2.15. The summed E-state index contributed by atoms with van der Waals surface area (Å²) in [4.78, 5) is 23.8. The Morgan fingerprint density at radius 3 is 2.37 bits per heavy atom. The zero-order valence-corrected chi connectivity index (χ0v) is 11.7. The molecule has 1 aromatic rings. The van der Waals surface area contributed by atoms with Crippen molar-refractivity contribution in [3.05, 3.63) is 41.5 Å². The molecule has 3 heteroatoms. The Labute approximate surface area is 114 Å². The average Bonchev–Trinajstić information content (AvgIpc) is 2.42. The highest BCUT2D eigenvalue weighted by Gasteiger charge is 2.18. The van der Waals surface area contributed by atoms with Crippen LogP contribution in [0.3, 0.4) is 0 Å². The standard InChI is InChI=1S/C16H20O3/c1-12(2)9-10-15(17)14(16(18)19-3)11-13-7-5-4-6-8-13/h4-8,11-12H,9-10H2,1-3H3. The van der Waals surface area contributed by atoms with E-state index < -0.39 is 5.97 Å². The number of esters is 1. The third-order valence-electron chi connectivity index (χ3n) is 2.77. The van der Waals surface area contributed by atoms with Crippen LogP contribution in [-0.2, 0) is 14.3 Å². The van der Waals surface area contributed by atoms with E-state index in [0.29, 0.717) is 12.3 Å². The van der Waals surface area contributed by atoms with Crippen molar-refractivity contribution in [2.75, 3.05) is 7.11 Å². The molecule has 102 valence electrons. The van der Waals surface area contributed by atoms with E-state index in [1.54, 1.807) is 6.08 Å². The summed E-state index contributed by atoms with van der Waals surface area (Å²) in [6.07, 6.45) is 2.72. The zero-order valence-electron chi connectivity index (χ0n) is 11.7. The molecule has 0 bridgehead atoms. The molecule has 0 radical (unpaired) electrons. The highest BCUT2D eigenvalue weighted by Crippen LogP contribution is 2.14. The van der Waals surface area contributed by atoms with Gasteiger partial charge in [0, 0.05) is 6.42 Å². The summed E-state index contributed by atoms with van der Waals surface area (Å²) >= 11 is 0. The minimum absolute atomic E-state index is 0.120. The van der Waals surface area contributed by atoms with Gasteiger partial charge in [-0.1, -0.05) is 44.2 Å². The van der Waals surface area contributed by atoms with E-state index in [9.17, 15) is 9.59 Å². The molecular formula is C16H20O3. The van der Waals surface area contributed by atoms with Crippen molar-refractivity contribution in [2.24, 2.45) is 5.92 Å². The third kappa shape index (κ3) is 5.08. The number of benzene rings is 1. The Hall–Kier alpha value is -1.90. The number of ether oxygens (including phenoxy) is 1. The highest BCUT2D eigenvalue weighted by molar-refractivity contribution is 6.20. The number of carbonyl (C=O) groups excluding carboxylic acids is 2. The zero-order chi connectivity index (χ0) is 14.3. The van der Waals surface area contributed by atoms with Crippen LogP contribution in [0.2, 0.25) is 0 Å². The second-order valence-corrected chi connectivity index (χ2v) is 4.82. The molecule has 1 aromatic carbocycles. The van der Waals surface area contributed by atoms with Gasteiger partial charge in [-0.05, 0) is 24.0 Å². The van der Waals surface area contributed by atoms with Gasteiger partial charge in [0.25, 0.3) is 0 Å². The molecule has 0 atom stereocenters. The van der Waals surface area contributed by atoms with Crippen LogP contribution in [0.4, 0.5) is 0 Å². The predicted octanol–water partition coefficient (Wildman–Crippen LogP) is 3.25. The largest absolute Gasteiger partial charge is 0.465 e. The molecule has 0 aromatic heterocycles. The second kappa shape index (κ2) is 7.52. The van der Waals surface area contributed by atoms with Gasteiger partial charge >= 0.3 is 5.97 Å². The van der Waals surface area contributed by atoms with Gasteiger partial charge in [-0.2, -0.15) is 0 Å². The number of hydrogen-bond donors (Lipinski definition) is 0. The number of hydrogen-bond acceptors (Lipinski definition) is 3. The van der Waals surface area contributed by atoms with Crippen molar-refractivity contribution in [1.29, 1.82) is 0 Å². The monoisotopic (exact) mass is 260 g/mol. The number of carbonyl (C=O) groups is 2. The Bertz CT molecular complexity index is 458. The molecule has 0 N–H and O–H groups in total. The molecular weight excluding hydrogens is 240 g/mol. The van der Waals surface area contributed by atoms with Crippen molar-refractivity contribution in [1.82, 2.24) is 0 Å². The van der Waals surface area contributed by atoms with Crippen LogP contribution in [0, 0.1) is 5.92 Å². The van der Waals surface area contributed by atoms with Crippen molar-refractivity contribution < 1.29 is 14.3 Å². The molecule has 0 unspecified atom stereocenters. The maximum absolute atomic E-state index is 12.1. The number of ketones is 1. The van der Waals surface area contributed by atoms with E-state index >= 15 is 0 Å². The highest BCUT2D eigenvalue weighted by atomic mass is 16.5.